The molecular weight excluding hydrogens is 516 g/mol. The zero-order valence-corrected chi connectivity index (χ0v) is 22.5. The number of aromatic nitrogens is 3. The van der Waals surface area contributed by atoms with E-state index in [1.54, 1.807) is 18.0 Å². The number of nitrogens with one attached hydrogen (secondary N) is 1. The Morgan fingerprint density at radius 1 is 1.00 bits per heavy atom. The first kappa shape index (κ1) is 25.8. The highest BCUT2D eigenvalue weighted by atomic mass is 35.5. The number of carbonyl (C=O) groups is 1. The van der Waals surface area contributed by atoms with Gasteiger partial charge in [-0.3, -0.25) is 9.78 Å². The Kier molecular flexibility index (Phi) is 8.26. The van der Waals surface area contributed by atoms with E-state index in [1.807, 2.05) is 85.9 Å². The quantitative estimate of drug-likeness (QED) is 0.198. The molecule has 0 bridgehead atoms. The summed E-state index contributed by atoms with van der Waals surface area (Å²) in [4.78, 5) is 21.9. The SMILES string of the molecule is CCOc1ccc(CNC(=O)c2ccc(Cn3c(SCc4cccc(Cl)c4)nc4ccncc43)cc2)cc1. The smallest absolute Gasteiger partial charge is 0.251 e. The summed E-state index contributed by atoms with van der Waals surface area (Å²) in [7, 11) is 0. The van der Waals surface area contributed by atoms with Gasteiger partial charge in [0.15, 0.2) is 5.16 Å². The third kappa shape index (κ3) is 6.36. The zero-order valence-electron chi connectivity index (χ0n) is 20.9. The largest absolute Gasteiger partial charge is 0.494 e. The average molecular weight is 543 g/mol. The molecule has 0 radical (unpaired) electrons. The molecule has 1 N–H and O–H groups in total. The molecule has 6 nitrogen and oxygen atoms in total. The Morgan fingerprint density at radius 2 is 1.79 bits per heavy atom. The third-order valence-electron chi connectivity index (χ3n) is 6.02. The monoisotopic (exact) mass is 542 g/mol. The Hall–Kier alpha value is -3.81. The molecule has 8 heteroatoms. The normalized spacial score (nSPS) is 11.0. The molecule has 0 fully saturated rings. The number of rotatable bonds is 10. The number of imidazole rings is 1. The Labute approximate surface area is 231 Å². The van der Waals surface area contributed by atoms with Gasteiger partial charge >= 0.3 is 0 Å². The van der Waals surface area contributed by atoms with Crippen molar-refractivity contribution < 1.29 is 9.53 Å². The number of nitrogens with zero attached hydrogens (tertiary/aromatic N) is 3. The fourth-order valence-electron chi connectivity index (χ4n) is 4.08. The molecule has 0 aliphatic carbocycles. The van der Waals surface area contributed by atoms with Crippen molar-refractivity contribution in [2.75, 3.05) is 6.61 Å². The number of ether oxygens (including phenoxy) is 1. The minimum Gasteiger partial charge on any atom is -0.494 e. The van der Waals surface area contributed by atoms with Crippen LogP contribution >= 0.6 is 23.4 Å². The maximum absolute atomic E-state index is 12.7. The number of pyridine rings is 1. The van der Waals surface area contributed by atoms with Crippen LogP contribution in [0.15, 0.2) is 96.4 Å². The van der Waals surface area contributed by atoms with Crippen LogP contribution in [0, 0.1) is 0 Å². The van der Waals surface area contributed by atoms with Crippen LogP contribution in [0.4, 0.5) is 0 Å². The second-order valence-electron chi connectivity index (χ2n) is 8.72. The maximum atomic E-state index is 12.7. The summed E-state index contributed by atoms with van der Waals surface area (Å²) in [6.07, 6.45) is 3.60. The zero-order chi connectivity index (χ0) is 26.3. The molecule has 192 valence electrons. The summed E-state index contributed by atoms with van der Waals surface area (Å²) in [5.41, 5.74) is 5.71. The van der Waals surface area contributed by atoms with Crippen molar-refractivity contribution in [3.63, 3.8) is 0 Å². The molecule has 2 aromatic heterocycles. The first-order valence-corrected chi connectivity index (χ1v) is 13.7. The lowest BCUT2D eigenvalue weighted by atomic mass is 10.1. The Bertz CT molecular complexity index is 1530. The highest BCUT2D eigenvalue weighted by Gasteiger charge is 2.13. The molecular formula is C30H27ClN4O2S. The molecule has 5 aromatic rings. The molecule has 0 aliphatic heterocycles. The van der Waals surface area contributed by atoms with Crippen LogP contribution < -0.4 is 10.1 Å². The highest BCUT2D eigenvalue weighted by Crippen LogP contribution is 2.28. The van der Waals surface area contributed by atoms with E-state index in [1.165, 1.54) is 0 Å². The van der Waals surface area contributed by atoms with Gasteiger partial charge in [0.05, 0.1) is 30.4 Å². The number of carbonyl (C=O) groups excluding carboxylic acids is 1. The molecule has 0 spiro atoms. The van der Waals surface area contributed by atoms with Crippen molar-refractivity contribution in [2.24, 2.45) is 0 Å². The van der Waals surface area contributed by atoms with Crippen LogP contribution in [-0.2, 0) is 18.8 Å². The summed E-state index contributed by atoms with van der Waals surface area (Å²) in [5.74, 6) is 1.47. The summed E-state index contributed by atoms with van der Waals surface area (Å²) in [6, 6.07) is 25.2. The number of fused-ring (bicyclic) bond motifs is 1. The predicted molar refractivity (Wildman–Crippen MR) is 153 cm³/mol. The van der Waals surface area contributed by atoms with E-state index in [-0.39, 0.29) is 5.91 Å². The number of thioether (sulfide) groups is 1. The molecule has 0 aliphatic rings. The van der Waals surface area contributed by atoms with E-state index >= 15 is 0 Å². The van der Waals surface area contributed by atoms with Gasteiger partial charge in [-0.15, -0.1) is 0 Å². The Balaban J connectivity index is 1.26. The fraction of sp³-hybridized carbons (Fsp3) is 0.167. The second kappa shape index (κ2) is 12.2. The fourth-order valence-corrected chi connectivity index (χ4v) is 5.25. The van der Waals surface area contributed by atoms with E-state index in [0.717, 1.165) is 49.4 Å². The van der Waals surface area contributed by atoms with Crippen LogP contribution in [0.1, 0.15) is 34.0 Å². The van der Waals surface area contributed by atoms with Gasteiger partial charge in [0, 0.05) is 29.1 Å². The molecule has 3 aromatic carbocycles. The number of benzene rings is 3. The van der Waals surface area contributed by atoms with Gasteiger partial charge in [0.2, 0.25) is 0 Å². The van der Waals surface area contributed by atoms with Gasteiger partial charge in [-0.1, -0.05) is 59.8 Å². The van der Waals surface area contributed by atoms with Crippen LogP contribution in [0.2, 0.25) is 5.02 Å². The molecule has 0 saturated heterocycles. The third-order valence-corrected chi connectivity index (χ3v) is 7.30. The van der Waals surface area contributed by atoms with Gasteiger partial charge in [-0.05, 0) is 66.1 Å². The number of halogens is 1. The highest BCUT2D eigenvalue weighted by molar-refractivity contribution is 7.98. The molecule has 38 heavy (non-hydrogen) atoms. The maximum Gasteiger partial charge on any atom is 0.251 e. The van der Waals surface area contributed by atoms with Gasteiger partial charge in [-0.25, -0.2) is 4.98 Å². The van der Waals surface area contributed by atoms with E-state index in [4.69, 9.17) is 21.3 Å². The molecule has 0 atom stereocenters. The van der Waals surface area contributed by atoms with Gasteiger partial charge in [0.25, 0.3) is 5.91 Å². The molecule has 0 saturated carbocycles. The first-order chi connectivity index (χ1) is 18.6. The van der Waals surface area contributed by atoms with Crippen molar-refractivity contribution >= 4 is 40.3 Å². The van der Waals surface area contributed by atoms with Crippen molar-refractivity contribution in [3.05, 3.63) is 119 Å². The summed E-state index contributed by atoms with van der Waals surface area (Å²) >= 11 is 7.82. The summed E-state index contributed by atoms with van der Waals surface area (Å²) in [5, 5.41) is 4.62. The molecule has 2 heterocycles. The number of amides is 1. The van der Waals surface area contributed by atoms with Crippen LogP contribution in [0.5, 0.6) is 5.75 Å². The molecule has 5 rings (SSSR count). The average Bonchev–Trinajstić information content (AvgIpc) is 3.29. The van der Waals surface area contributed by atoms with Crippen LogP contribution in [0.25, 0.3) is 11.0 Å². The van der Waals surface area contributed by atoms with Crippen molar-refractivity contribution in [2.45, 2.75) is 30.9 Å². The number of hydrogen-bond donors (Lipinski definition) is 1. The van der Waals surface area contributed by atoms with E-state index < -0.39 is 0 Å². The van der Waals surface area contributed by atoms with E-state index in [9.17, 15) is 4.79 Å². The lowest BCUT2D eigenvalue weighted by molar-refractivity contribution is 0.0951. The topological polar surface area (TPSA) is 69.0 Å². The van der Waals surface area contributed by atoms with Gasteiger partial charge < -0.3 is 14.6 Å². The van der Waals surface area contributed by atoms with Crippen LogP contribution in [-0.4, -0.2) is 27.0 Å². The Morgan fingerprint density at radius 3 is 2.55 bits per heavy atom. The van der Waals surface area contributed by atoms with Gasteiger partial charge in [-0.2, -0.15) is 0 Å². The number of hydrogen-bond acceptors (Lipinski definition) is 5. The van der Waals surface area contributed by atoms with Gasteiger partial charge in [0.1, 0.15) is 5.75 Å². The van der Waals surface area contributed by atoms with Crippen molar-refractivity contribution in [3.8, 4) is 5.75 Å². The minimum absolute atomic E-state index is 0.111. The summed E-state index contributed by atoms with van der Waals surface area (Å²) < 4.78 is 7.64. The second-order valence-corrected chi connectivity index (χ2v) is 10.1. The van der Waals surface area contributed by atoms with Crippen molar-refractivity contribution in [1.82, 2.24) is 19.9 Å². The minimum atomic E-state index is -0.111. The van der Waals surface area contributed by atoms with E-state index in [0.29, 0.717) is 25.3 Å². The molecule has 1 amide bonds. The predicted octanol–water partition coefficient (Wildman–Crippen LogP) is 6.75. The standard InChI is InChI=1S/C30H27ClN4O2S/c1-2-37-26-12-8-21(9-13-26)17-33-29(36)24-10-6-22(7-11-24)19-35-28-18-32-15-14-27(28)34-30(35)38-20-23-4-3-5-25(31)16-23/h3-16,18H,2,17,19-20H2,1H3,(H,33,36). The molecule has 0 unspecified atom stereocenters. The lowest BCUT2D eigenvalue weighted by Crippen LogP contribution is -2.22. The lowest BCUT2D eigenvalue weighted by Gasteiger charge is -2.11. The summed E-state index contributed by atoms with van der Waals surface area (Å²) in [6.45, 7) is 3.65. The van der Waals surface area contributed by atoms with E-state index in [2.05, 4.69) is 20.9 Å². The van der Waals surface area contributed by atoms with Crippen LogP contribution in [0.3, 0.4) is 0 Å². The van der Waals surface area contributed by atoms with Crippen molar-refractivity contribution in [1.29, 1.82) is 0 Å². The first-order valence-electron chi connectivity index (χ1n) is 12.4.